The number of hydrogen-bond donors (Lipinski definition) is 0. The number of sulfonamides is 1. The Kier molecular flexibility index (Phi) is 5.11. The van der Waals surface area contributed by atoms with E-state index < -0.39 is 15.4 Å². The third-order valence-electron chi connectivity index (χ3n) is 4.29. The van der Waals surface area contributed by atoms with E-state index in [1.54, 1.807) is 17.9 Å². The number of hydrogen-bond acceptors (Lipinski definition) is 3. The van der Waals surface area contributed by atoms with E-state index in [0.717, 1.165) is 5.56 Å². The van der Waals surface area contributed by atoms with Crippen molar-refractivity contribution in [2.24, 2.45) is 7.05 Å². The van der Waals surface area contributed by atoms with Crippen LogP contribution in [-0.2, 0) is 29.0 Å². The molecule has 0 amide bonds. The Morgan fingerprint density at radius 3 is 2.07 bits per heavy atom. The molecular formula is C21H25N3O2S. The largest absolute Gasteiger partial charge is 0.274 e. The second-order valence-corrected chi connectivity index (χ2v) is 9.43. The van der Waals surface area contributed by atoms with E-state index in [-0.39, 0.29) is 11.4 Å². The van der Waals surface area contributed by atoms with Crippen molar-refractivity contribution in [2.45, 2.75) is 37.6 Å². The molecule has 142 valence electrons. The first-order valence-corrected chi connectivity index (χ1v) is 10.3. The molecule has 3 aromatic rings. The van der Waals surface area contributed by atoms with Crippen molar-refractivity contribution in [1.29, 1.82) is 0 Å². The first kappa shape index (κ1) is 19.2. The van der Waals surface area contributed by atoms with Gasteiger partial charge in [0.2, 0.25) is 0 Å². The number of benzene rings is 2. The number of aryl methyl sites for hydroxylation is 1. The lowest BCUT2D eigenvalue weighted by Gasteiger charge is -2.26. The van der Waals surface area contributed by atoms with E-state index >= 15 is 0 Å². The van der Waals surface area contributed by atoms with Crippen LogP contribution in [0.4, 0.5) is 5.69 Å². The van der Waals surface area contributed by atoms with Gasteiger partial charge in [-0.05, 0) is 17.7 Å². The van der Waals surface area contributed by atoms with Crippen molar-refractivity contribution < 1.29 is 8.42 Å². The van der Waals surface area contributed by atoms with Crippen LogP contribution in [0.5, 0.6) is 0 Å². The maximum Gasteiger partial charge on any atom is 0.268 e. The summed E-state index contributed by atoms with van der Waals surface area (Å²) in [6.45, 7) is 6.17. The van der Waals surface area contributed by atoms with Crippen LogP contribution in [0.1, 0.15) is 32.0 Å². The minimum atomic E-state index is -3.80. The highest BCUT2D eigenvalue weighted by atomic mass is 32.2. The van der Waals surface area contributed by atoms with Gasteiger partial charge in [0.05, 0.1) is 17.9 Å². The van der Waals surface area contributed by atoms with Crippen LogP contribution >= 0.6 is 0 Å². The SMILES string of the molecule is Cn1cc(S(=O)(=O)N(Cc2ccccc2)c2ccccc2)c(C(C)(C)C)n1. The van der Waals surface area contributed by atoms with Crippen LogP contribution in [0.2, 0.25) is 0 Å². The van der Waals surface area contributed by atoms with E-state index in [1.165, 1.54) is 4.31 Å². The summed E-state index contributed by atoms with van der Waals surface area (Å²) in [6, 6.07) is 18.8. The number of nitrogens with zero attached hydrogens (tertiary/aromatic N) is 3. The standard InChI is InChI=1S/C21H25N3O2S/c1-21(2,3)20-19(16-23(4)22-20)27(25,26)24(18-13-9-6-10-14-18)15-17-11-7-5-8-12-17/h5-14,16H,15H2,1-4H3. The lowest BCUT2D eigenvalue weighted by atomic mass is 9.92. The van der Waals surface area contributed by atoms with Crippen molar-refractivity contribution >= 4 is 15.7 Å². The van der Waals surface area contributed by atoms with E-state index in [4.69, 9.17) is 0 Å². The molecule has 3 rings (SSSR count). The molecule has 6 heteroatoms. The second-order valence-electron chi connectivity index (χ2n) is 7.60. The molecule has 0 unspecified atom stereocenters. The highest BCUT2D eigenvalue weighted by Crippen LogP contribution is 2.32. The first-order valence-electron chi connectivity index (χ1n) is 8.85. The first-order chi connectivity index (χ1) is 12.7. The fourth-order valence-electron chi connectivity index (χ4n) is 2.95. The van der Waals surface area contributed by atoms with Crippen LogP contribution < -0.4 is 4.31 Å². The molecule has 1 heterocycles. The molecule has 0 aliphatic heterocycles. The number of para-hydroxylation sites is 1. The zero-order valence-electron chi connectivity index (χ0n) is 16.1. The summed E-state index contributed by atoms with van der Waals surface area (Å²) in [5.74, 6) is 0. The summed E-state index contributed by atoms with van der Waals surface area (Å²) in [5, 5.41) is 4.44. The van der Waals surface area contributed by atoms with Crippen molar-refractivity contribution in [2.75, 3.05) is 4.31 Å². The molecular weight excluding hydrogens is 358 g/mol. The Bertz CT molecular complexity index is 1000. The van der Waals surface area contributed by atoms with Crippen molar-refractivity contribution in [3.05, 3.63) is 78.1 Å². The smallest absolute Gasteiger partial charge is 0.268 e. The highest BCUT2D eigenvalue weighted by Gasteiger charge is 2.34. The Labute approximate surface area is 161 Å². The molecule has 0 fully saturated rings. The Hall–Kier alpha value is -2.60. The fraction of sp³-hybridized carbons (Fsp3) is 0.286. The van der Waals surface area contributed by atoms with E-state index in [9.17, 15) is 8.42 Å². The maximum absolute atomic E-state index is 13.7. The van der Waals surface area contributed by atoms with Crippen LogP contribution in [0.3, 0.4) is 0 Å². The van der Waals surface area contributed by atoms with Crippen LogP contribution in [0, 0.1) is 0 Å². The van der Waals surface area contributed by atoms with Gasteiger partial charge < -0.3 is 0 Å². The molecule has 0 saturated heterocycles. The van der Waals surface area contributed by atoms with Gasteiger partial charge in [0.25, 0.3) is 10.0 Å². The van der Waals surface area contributed by atoms with Gasteiger partial charge in [0.1, 0.15) is 4.90 Å². The monoisotopic (exact) mass is 383 g/mol. The molecule has 0 aliphatic rings. The van der Waals surface area contributed by atoms with Gasteiger partial charge in [0, 0.05) is 18.7 Å². The minimum absolute atomic E-state index is 0.247. The maximum atomic E-state index is 13.7. The molecule has 2 aromatic carbocycles. The average Bonchev–Trinajstić information content (AvgIpc) is 3.04. The molecule has 0 spiro atoms. The zero-order chi connectivity index (χ0) is 19.7. The zero-order valence-corrected chi connectivity index (χ0v) is 16.9. The summed E-state index contributed by atoms with van der Waals surface area (Å²) in [4.78, 5) is 0.247. The summed E-state index contributed by atoms with van der Waals surface area (Å²) < 4.78 is 30.4. The summed E-state index contributed by atoms with van der Waals surface area (Å²) in [5.41, 5.74) is 1.73. The molecule has 0 N–H and O–H groups in total. The lowest BCUT2D eigenvalue weighted by molar-refractivity contribution is 0.537. The summed E-state index contributed by atoms with van der Waals surface area (Å²) in [7, 11) is -2.05. The molecule has 0 aliphatic carbocycles. The Balaban J connectivity index is 2.14. The highest BCUT2D eigenvalue weighted by molar-refractivity contribution is 7.92. The van der Waals surface area contributed by atoms with Gasteiger partial charge in [-0.3, -0.25) is 8.99 Å². The number of anilines is 1. The molecule has 0 saturated carbocycles. The molecule has 1 aromatic heterocycles. The third kappa shape index (κ3) is 4.06. The minimum Gasteiger partial charge on any atom is -0.274 e. The number of rotatable bonds is 5. The quantitative estimate of drug-likeness (QED) is 0.666. The second kappa shape index (κ2) is 7.19. The molecule has 0 bridgehead atoms. The normalized spacial score (nSPS) is 12.1. The molecule has 5 nitrogen and oxygen atoms in total. The predicted octanol–water partition coefficient (Wildman–Crippen LogP) is 4.11. The van der Waals surface area contributed by atoms with Crippen molar-refractivity contribution in [1.82, 2.24) is 9.78 Å². The van der Waals surface area contributed by atoms with Gasteiger partial charge >= 0.3 is 0 Å². The fourth-order valence-corrected chi connectivity index (χ4v) is 4.79. The van der Waals surface area contributed by atoms with E-state index in [1.807, 2.05) is 81.4 Å². The van der Waals surface area contributed by atoms with Gasteiger partial charge in [-0.2, -0.15) is 5.10 Å². The van der Waals surface area contributed by atoms with Crippen molar-refractivity contribution in [3.63, 3.8) is 0 Å². The third-order valence-corrected chi connectivity index (χ3v) is 6.06. The van der Waals surface area contributed by atoms with Gasteiger partial charge in [-0.25, -0.2) is 8.42 Å². The molecule has 0 radical (unpaired) electrons. The summed E-state index contributed by atoms with van der Waals surface area (Å²) in [6.07, 6.45) is 1.59. The van der Waals surface area contributed by atoms with Gasteiger partial charge in [0.15, 0.2) is 0 Å². The topological polar surface area (TPSA) is 55.2 Å². The molecule has 27 heavy (non-hydrogen) atoms. The van der Waals surface area contributed by atoms with Crippen molar-refractivity contribution in [3.8, 4) is 0 Å². The summed E-state index contributed by atoms with van der Waals surface area (Å²) >= 11 is 0. The van der Waals surface area contributed by atoms with Gasteiger partial charge in [-0.1, -0.05) is 69.3 Å². The van der Waals surface area contributed by atoms with E-state index in [0.29, 0.717) is 11.4 Å². The average molecular weight is 384 g/mol. The van der Waals surface area contributed by atoms with Crippen LogP contribution in [0.25, 0.3) is 0 Å². The number of aromatic nitrogens is 2. The molecule has 0 atom stereocenters. The predicted molar refractivity (Wildman–Crippen MR) is 108 cm³/mol. The Morgan fingerprint density at radius 1 is 0.963 bits per heavy atom. The Morgan fingerprint density at radius 2 is 1.52 bits per heavy atom. The van der Waals surface area contributed by atoms with Crippen LogP contribution in [0.15, 0.2) is 71.8 Å². The van der Waals surface area contributed by atoms with Gasteiger partial charge in [-0.15, -0.1) is 0 Å². The van der Waals surface area contributed by atoms with Crippen LogP contribution in [-0.4, -0.2) is 18.2 Å². The lowest BCUT2D eigenvalue weighted by Crippen LogP contribution is -2.32. The van der Waals surface area contributed by atoms with E-state index in [2.05, 4.69) is 5.10 Å².